The summed E-state index contributed by atoms with van der Waals surface area (Å²) in [7, 11) is 1.65. The Morgan fingerprint density at radius 1 is 1.03 bits per heavy atom. The van der Waals surface area contributed by atoms with Gasteiger partial charge in [0, 0.05) is 31.4 Å². The van der Waals surface area contributed by atoms with Crippen LogP contribution in [0.5, 0.6) is 0 Å². The molecule has 0 aliphatic heterocycles. The molecule has 7 nitrogen and oxygen atoms in total. The quantitative estimate of drug-likeness (QED) is 0.419. The summed E-state index contributed by atoms with van der Waals surface area (Å²) in [6.45, 7) is 2.71. The van der Waals surface area contributed by atoms with Gasteiger partial charge in [-0.25, -0.2) is 4.79 Å². The molecule has 5 aromatic rings. The molecule has 0 spiro atoms. The Balaban J connectivity index is 1.79. The number of benzene rings is 2. The van der Waals surface area contributed by atoms with E-state index in [-0.39, 0.29) is 17.8 Å². The molecular formula is C22H20ClN5O2. The Morgan fingerprint density at radius 2 is 1.80 bits per heavy atom. The van der Waals surface area contributed by atoms with Crippen LogP contribution in [0.15, 0.2) is 58.3 Å². The fourth-order valence-corrected chi connectivity index (χ4v) is 4.33. The minimum absolute atomic E-state index is 0.192. The predicted octanol–water partition coefficient (Wildman–Crippen LogP) is 2.90. The second-order valence-electron chi connectivity index (χ2n) is 7.44. The zero-order valence-corrected chi connectivity index (χ0v) is 17.4. The standard InChI is InChI=1S/C22H20ClN5O2/c1-14-12-27-18-19(24-21(27)26(14)11-10-23)25(2)22(30)28(20(18)29)13-16-8-5-7-15-6-3-4-9-17(15)16/h3-9,12H,10-11,13H2,1-2H3. The molecule has 0 radical (unpaired) electrons. The second kappa shape index (κ2) is 6.88. The number of aryl methyl sites for hydroxylation is 3. The number of rotatable bonds is 4. The maximum Gasteiger partial charge on any atom is 0.332 e. The van der Waals surface area contributed by atoms with Gasteiger partial charge in [-0.1, -0.05) is 42.5 Å². The van der Waals surface area contributed by atoms with Gasteiger partial charge in [0.1, 0.15) is 0 Å². The number of aromatic nitrogens is 5. The van der Waals surface area contributed by atoms with E-state index in [0.29, 0.717) is 29.4 Å². The van der Waals surface area contributed by atoms with Crippen LogP contribution in [0.2, 0.25) is 0 Å². The van der Waals surface area contributed by atoms with Crippen molar-refractivity contribution < 1.29 is 0 Å². The molecule has 3 heterocycles. The largest absolute Gasteiger partial charge is 0.332 e. The Morgan fingerprint density at radius 3 is 2.60 bits per heavy atom. The normalized spacial score (nSPS) is 11.8. The molecule has 0 fully saturated rings. The van der Waals surface area contributed by atoms with E-state index in [1.54, 1.807) is 11.4 Å². The van der Waals surface area contributed by atoms with Gasteiger partial charge >= 0.3 is 5.69 Å². The summed E-state index contributed by atoms with van der Waals surface area (Å²) in [6.07, 6.45) is 1.87. The molecule has 3 aromatic heterocycles. The lowest BCUT2D eigenvalue weighted by Gasteiger charge is -2.10. The van der Waals surface area contributed by atoms with Crippen LogP contribution in [0, 0.1) is 6.92 Å². The molecule has 5 rings (SSSR count). The molecular weight excluding hydrogens is 402 g/mol. The van der Waals surface area contributed by atoms with E-state index in [9.17, 15) is 9.59 Å². The van der Waals surface area contributed by atoms with Crippen molar-refractivity contribution >= 4 is 39.3 Å². The Bertz CT molecular complexity index is 1550. The van der Waals surface area contributed by atoms with E-state index < -0.39 is 0 Å². The number of nitrogens with zero attached hydrogens (tertiary/aromatic N) is 5. The van der Waals surface area contributed by atoms with Crippen molar-refractivity contribution in [3.63, 3.8) is 0 Å². The monoisotopic (exact) mass is 421 g/mol. The van der Waals surface area contributed by atoms with Crippen molar-refractivity contribution in [2.45, 2.75) is 20.0 Å². The van der Waals surface area contributed by atoms with Crippen LogP contribution < -0.4 is 11.2 Å². The van der Waals surface area contributed by atoms with Gasteiger partial charge in [-0.3, -0.25) is 18.3 Å². The molecule has 2 aromatic carbocycles. The van der Waals surface area contributed by atoms with Crippen molar-refractivity contribution in [1.29, 1.82) is 0 Å². The predicted molar refractivity (Wildman–Crippen MR) is 119 cm³/mol. The summed E-state index contributed by atoms with van der Waals surface area (Å²) < 4.78 is 6.44. The summed E-state index contributed by atoms with van der Waals surface area (Å²) in [5, 5.41) is 2.10. The Kier molecular flexibility index (Phi) is 4.29. The molecule has 152 valence electrons. The van der Waals surface area contributed by atoms with Crippen molar-refractivity contribution in [2.24, 2.45) is 7.05 Å². The van der Waals surface area contributed by atoms with Crippen LogP contribution in [0.3, 0.4) is 0 Å². The number of halogens is 1. The fraction of sp³-hybridized carbons (Fsp3) is 0.227. The summed E-state index contributed by atoms with van der Waals surface area (Å²) in [5.41, 5.74) is 1.90. The average molecular weight is 422 g/mol. The summed E-state index contributed by atoms with van der Waals surface area (Å²) in [4.78, 5) is 31.1. The summed E-state index contributed by atoms with van der Waals surface area (Å²) >= 11 is 5.94. The molecule has 0 N–H and O–H groups in total. The van der Waals surface area contributed by atoms with Crippen LogP contribution in [0.1, 0.15) is 11.3 Å². The number of hydrogen-bond donors (Lipinski definition) is 0. The Hall–Kier alpha value is -3.32. The topological polar surface area (TPSA) is 66.2 Å². The zero-order chi connectivity index (χ0) is 21.0. The Labute approximate surface area is 176 Å². The second-order valence-corrected chi connectivity index (χ2v) is 7.81. The lowest BCUT2D eigenvalue weighted by atomic mass is 10.0. The van der Waals surface area contributed by atoms with Gasteiger partial charge in [0.05, 0.1) is 6.54 Å². The van der Waals surface area contributed by atoms with Gasteiger partial charge in [0.15, 0.2) is 11.2 Å². The zero-order valence-electron chi connectivity index (χ0n) is 16.7. The maximum atomic E-state index is 13.4. The third kappa shape index (κ3) is 2.62. The molecule has 0 saturated heterocycles. The lowest BCUT2D eigenvalue weighted by Crippen LogP contribution is -2.39. The third-order valence-corrected chi connectivity index (χ3v) is 5.83. The van der Waals surface area contributed by atoms with Crippen LogP contribution in [-0.4, -0.2) is 29.0 Å². The van der Waals surface area contributed by atoms with E-state index in [4.69, 9.17) is 11.6 Å². The molecule has 0 saturated carbocycles. The SMILES string of the molecule is Cc1cn2c3c(=O)n(Cc4cccc5ccccc45)c(=O)n(C)c3nc2n1CCCl. The van der Waals surface area contributed by atoms with Crippen molar-refractivity contribution in [3.8, 4) is 0 Å². The number of alkyl halides is 1. The van der Waals surface area contributed by atoms with Crippen molar-refractivity contribution in [2.75, 3.05) is 5.88 Å². The van der Waals surface area contributed by atoms with Crippen molar-refractivity contribution in [1.82, 2.24) is 23.1 Å². The number of hydrogen-bond acceptors (Lipinski definition) is 3. The molecule has 0 bridgehead atoms. The number of fused-ring (bicyclic) bond motifs is 4. The molecule has 0 unspecified atom stereocenters. The first-order chi connectivity index (χ1) is 14.5. The smallest absolute Gasteiger partial charge is 0.313 e. The lowest BCUT2D eigenvalue weighted by molar-refractivity contribution is 0.658. The van der Waals surface area contributed by atoms with Gasteiger partial charge in [-0.15, -0.1) is 11.6 Å². The molecule has 8 heteroatoms. The molecule has 0 aliphatic rings. The minimum Gasteiger partial charge on any atom is -0.313 e. The fourth-order valence-electron chi connectivity index (χ4n) is 4.16. The van der Waals surface area contributed by atoms with Crippen LogP contribution >= 0.6 is 11.6 Å². The maximum absolute atomic E-state index is 13.4. The average Bonchev–Trinajstić information content (AvgIpc) is 3.26. The van der Waals surface area contributed by atoms with E-state index in [1.165, 1.54) is 9.13 Å². The van der Waals surface area contributed by atoms with E-state index in [1.807, 2.05) is 60.2 Å². The van der Waals surface area contributed by atoms with Crippen LogP contribution in [0.25, 0.3) is 27.7 Å². The first-order valence-electron chi connectivity index (χ1n) is 9.71. The van der Waals surface area contributed by atoms with Gasteiger partial charge < -0.3 is 4.57 Å². The summed E-state index contributed by atoms with van der Waals surface area (Å²) in [6, 6.07) is 13.9. The van der Waals surface area contributed by atoms with Crippen LogP contribution in [-0.2, 0) is 20.1 Å². The van der Waals surface area contributed by atoms with Crippen molar-refractivity contribution in [3.05, 3.63) is 80.8 Å². The molecule has 0 atom stereocenters. The molecule has 30 heavy (non-hydrogen) atoms. The van der Waals surface area contributed by atoms with Gasteiger partial charge in [0.25, 0.3) is 5.56 Å². The van der Waals surface area contributed by atoms with Gasteiger partial charge in [-0.2, -0.15) is 4.98 Å². The first kappa shape index (κ1) is 18.7. The highest BCUT2D eigenvalue weighted by molar-refractivity contribution is 6.17. The third-order valence-electron chi connectivity index (χ3n) is 5.66. The number of imidazole rings is 2. The first-order valence-corrected chi connectivity index (χ1v) is 10.2. The van der Waals surface area contributed by atoms with E-state index >= 15 is 0 Å². The minimum atomic E-state index is -0.387. The van der Waals surface area contributed by atoms with E-state index in [2.05, 4.69) is 4.98 Å². The van der Waals surface area contributed by atoms with Gasteiger partial charge in [0.2, 0.25) is 5.78 Å². The highest BCUT2D eigenvalue weighted by Crippen LogP contribution is 2.20. The van der Waals surface area contributed by atoms with Gasteiger partial charge in [-0.05, 0) is 23.3 Å². The van der Waals surface area contributed by atoms with Crippen LogP contribution in [0.4, 0.5) is 0 Å². The highest BCUT2D eigenvalue weighted by Gasteiger charge is 2.20. The molecule has 0 amide bonds. The summed E-state index contributed by atoms with van der Waals surface area (Å²) in [5.74, 6) is 1.04. The highest BCUT2D eigenvalue weighted by atomic mass is 35.5. The molecule has 0 aliphatic carbocycles. The van der Waals surface area contributed by atoms with E-state index in [0.717, 1.165) is 22.0 Å².